The molecule has 0 radical (unpaired) electrons. The Morgan fingerprint density at radius 1 is 1.24 bits per heavy atom. The van der Waals surface area contributed by atoms with E-state index in [4.69, 9.17) is 14.2 Å². The molecular formula is C14H28O3. The molecule has 0 bridgehead atoms. The Balaban J connectivity index is 3.04. The highest BCUT2D eigenvalue weighted by molar-refractivity contribution is 5.04. The van der Waals surface area contributed by atoms with Crippen molar-refractivity contribution in [2.75, 3.05) is 20.8 Å². The normalized spacial score (nSPS) is 38.6. The third-order valence-electron chi connectivity index (χ3n) is 4.01. The molecule has 1 heterocycles. The lowest BCUT2D eigenvalue weighted by molar-refractivity contribution is -0.127. The standard InChI is InChI=1S/C14H28O3/c1-8-14(9-15-6)12(16-7)11(10(2)17-14)13(3,4)5/h10-12H,8-9H2,1-7H3. The van der Waals surface area contributed by atoms with Crippen LogP contribution in [0.15, 0.2) is 0 Å². The minimum Gasteiger partial charge on any atom is -0.382 e. The first-order chi connectivity index (χ1) is 7.82. The molecule has 1 aliphatic rings. The van der Waals surface area contributed by atoms with Gasteiger partial charge in [0.2, 0.25) is 0 Å². The van der Waals surface area contributed by atoms with Crippen LogP contribution in [0.2, 0.25) is 0 Å². The summed E-state index contributed by atoms with van der Waals surface area (Å²) in [6, 6.07) is 0. The average Bonchev–Trinajstić information content (AvgIpc) is 2.51. The van der Waals surface area contributed by atoms with E-state index >= 15 is 0 Å². The van der Waals surface area contributed by atoms with Gasteiger partial charge in [0, 0.05) is 20.1 Å². The monoisotopic (exact) mass is 244 g/mol. The van der Waals surface area contributed by atoms with Crippen LogP contribution in [0, 0.1) is 11.3 Å². The fourth-order valence-corrected chi connectivity index (χ4v) is 3.35. The second-order valence-electron chi connectivity index (χ2n) is 6.22. The van der Waals surface area contributed by atoms with E-state index in [0.717, 1.165) is 6.42 Å². The zero-order chi connectivity index (χ0) is 13.3. The molecule has 1 aliphatic heterocycles. The molecule has 0 saturated carbocycles. The molecule has 0 N–H and O–H groups in total. The van der Waals surface area contributed by atoms with Crippen LogP contribution >= 0.6 is 0 Å². The molecule has 4 unspecified atom stereocenters. The Kier molecular flexibility index (Phi) is 4.61. The van der Waals surface area contributed by atoms with Crippen LogP contribution in [-0.4, -0.2) is 38.6 Å². The largest absolute Gasteiger partial charge is 0.382 e. The van der Waals surface area contributed by atoms with Crippen molar-refractivity contribution in [2.45, 2.75) is 58.8 Å². The van der Waals surface area contributed by atoms with Gasteiger partial charge in [-0.2, -0.15) is 0 Å². The number of rotatable bonds is 4. The maximum atomic E-state index is 6.23. The molecule has 102 valence electrons. The lowest BCUT2D eigenvalue weighted by atomic mass is 9.72. The molecule has 0 aromatic carbocycles. The summed E-state index contributed by atoms with van der Waals surface area (Å²) < 4.78 is 17.4. The summed E-state index contributed by atoms with van der Waals surface area (Å²) in [5.74, 6) is 0.391. The van der Waals surface area contributed by atoms with Crippen LogP contribution in [0.5, 0.6) is 0 Å². The maximum Gasteiger partial charge on any atom is 0.118 e. The minimum atomic E-state index is -0.291. The van der Waals surface area contributed by atoms with E-state index in [-0.39, 0.29) is 23.2 Å². The summed E-state index contributed by atoms with van der Waals surface area (Å²) in [6.45, 7) is 11.6. The molecule has 0 aliphatic carbocycles. The van der Waals surface area contributed by atoms with Crippen molar-refractivity contribution in [2.24, 2.45) is 11.3 Å². The van der Waals surface area contributed by atoms with Crippen molar-refractivity contribution < 1.29 is 14.2 Å². The zero-order valence-corrected chi connectivity index (χ0v) is 12.4. The molecule has 0 aromatic rings. The highest BCUT2D eigenvalue weighted by atomic mass is 16.6. The first-order valence-corrected chi connectivity index (χ1v) is 6.52. The molecule has 0 spiro atoms. The molecule has 1 fully saturated rings. The van der Waals surface area contributed by atoms with E-state index in [9.17, 15) is 0 Å². The van der Waals surface area contributed by atoms with Gasteiger partial charge in [-0.05, 0) is 18.8 Å². The molecule has 17 heavy (non-hydrogen) atoms. The fourth-order valence-electron chi connectivity index (χ4n) is 3.35. The number of methoxy groups -OCH3 is 2. The topological polar surface area (TPSA) is 27.7 Å². The van der Waals surface area contributed by atoms with Crippen LogP contribution in [-0.2, 0) is 14.2 Å². The van der Waals surface area contributed by atoms with Gasteiger partial charge in [0.15, 0.2) is 0 Å². The lowest BCUT2D eigenvalue weighted by Gasteiger charge is -2.37. The third kappa shape index (κ3) is 2.67. The Morgan fingerprint density at radius 3 is 2.18 bits per heavy atom. The lowest BCUT2D eigenvalue weighted by Crippen LogP contribution is -2.48. The van der Waals surface area contributed by atoms with Crippen molar-refractivity contribution in [1.82, 2.24) is 0 Å². The molecule has 4 atom stereocenters. The highest BCUT2D eigenvalue weighted by Crippen LogP contribution is 2.47. The van der Waals surface area contributed by atoms with E-state index in [1.165, 1.54) is 0 Å². The predicted octanol–water partition coefficient (Wildman–Crippen LogP) is 2.88. The fraction of sp³-hybridized carbons (Fsp3) is 1.00. The van der Waals surface area contributed by atoms with Gasteiger partial charge in [-0.3, -0.25) is 0 Å². The van der Waals surface area contributed by atoms with Gasteiger partial charge in [-0.25, -0.2) is 0 Å². The highest BCUT2D eigenvalue weighted by Gasteiger charge is 2.56. The average molecular weight is 244 g/mol. The van der Waals surface area contributed by atoms with Crippen molar-refractivity contribution in [3.05, 3.63) is 0 Å². The van der Waals surface area contributed by atoms with Gasteiger partial charge in [-0.15, -0.1) is 0 Å². The van der Waals surface area contributed by atoms with Crippen molar-refractivity contribution in [1.29, 1.82) is 0 Å². The third-order valence-corrected chi connectivity index (χ3v) is 4.01. The minimum absolute atomic E-state index is 0.0995. The second-order valence-corrected chi connectivity index (χ2v) is 6.22. The van der Waals surface area contributed by atoms with Crippen LogP contribution in [0.3, 0.4) is 0 Å². The summed E-state index contributed by atoms with van der Waals surface area (Å²) in [4.78, 5) is 0. The Bertz CT molecular complexity index is 246. The molecule has 3 nitrogen and oxygen atoms in total. The molecule has 0 aromatic heterocycles. The molecular weight excluding hydrogens is 216 g/mol. The van der Waals surface area contributed by atoms with Gasteiger partial charge in [0.05, 0.1) is 18.8 Å². The number of hydrogen-bond acceptors (Lipinski definition) is 3. The van der Waals surface area contributed by atoms with E-state index < -0.39 is 0 Å². The summed E-state index contributed by atoms with van der Waals surface area (Å²) >= 11 is 0. The first-order valence-electron chi connectivity index (χ1n) is 6.52. The Morgan fingerprint density at radius 2 is 1.82 bits per heavy atom. The Hall–Kier alpha value is -0.120. The van der Waals surface area contributed by atoms with Crippen LogP contribution in [0.4, 0.5) is 0 Å². The summed E-state index contributed by atoms with van der Waals surface area (Å²) in [7, 11) is 3.51. The molecule has 1 rings (SSSR count). The summed E-state index contributed by atoms with van der Waals surface area (Å²) in [6.07, 6.45) is 1.22. The maximum absolute atomic E-state index is 6.23. The number of ether oxygens (including phenoxy) is 3. The Labute approximate surface area is 106 Å². The van der Waals surface area contributed by atoms with Gasteiger partial charge < -0.3 is 14.2 Å². The SMILES string of the molecule is CCC1(COC)OC(C)C(C(C)(C)C)C1OC. The van der Waals surface area contributed by atoms with E-state index in [0.29, 0.717) is 12.5 Å². The first kappa shape index (κ1) is 14.9. The van der Waals surface area contributed by atoms with Crippen LogP contribution in [0.25, 0.3) is 0 Å². The van der Waals surface area contributed by atoms with Gasteiger partial charge in [-0.1, -0.05) is 27.7 Å². The van der Waals surface area contributed by atoms with Crippen molar-refractivity contribution in [3.63, 3.8) is 0 Å². The molecule has 1 saturated heterocycles. The quantitative estimate of drug-likeness (QED) is 0.761. The predicted molar refractivity (Wildman–Crippen MR) is 69.2 cm³/mol. The summed E-state index contributed by atoms with van der Waals surface area (Å²) in [5.41, 5.74) is -0.119. The molecule has 0 amide bonds. The van der Waals surface area contributed by atoms with Crippen molar-refractivity contribution in [3.8, 4) is 0 Å². The zero-order valence-electron chi connectivity index (χ0n) is 12.4. The van der Waals surface area contributed by atoms with Crippen LogP contribution in [0.1, 0.15) is 41.0 Å². The van der Waals surface area contributed by atoms with Gasteiger partial charge in [0.1, 0.15) is 5.60 Å². The van der Waals surface area contributed by atoms with E-state index in [1.54, 1.807) is 14.2 Å². The summed E-state index contributed by atoms with van der Waals surface area (Å²) in [5, 5.41) is 0. The van der Waals surface area contributed by atoms with Gasteiger partial charge in [0.25, 0.3) is 0 Å². The van der Waals surface area contributed by atoms with E-state index in [2.05, 4.69) is 34.6 Å². The second kappa shape index (κ2) is 5.25. The number of hydrogen-bond donors (Lipinski definition) is 0. The molecule has 3 heteroatoms. The van der Waals surface area contributed by atoms with E-state index in [1.807, 2.05) is 0 Å². The van der Waals surface area contributed by atoms with Crippen molar-refractivity contribution >= 4 is 0 Å². The van der Waals surface area contributed by atoms with Crippen LogP contribution < -0.4 is 0 Å². The van der Waals surface area contributed by atoms with Gasteiger partial charge >= 0.3 is 0 Å². The smallest absolute Gasteiger partial charge is 0.118 e.